The molecule has 0 spiro atoms. The Morgan fingerprint density at radius 3 is 2.31 bits per heavy atom. The van der Waals surface area contributed by atoms with Crippen LogP contribution in [0.5, 0.6) is 0 Å². The number of para-hydroxylation sites is 1. The Morgan fingerprint density at radius 1 is 0.906 bits per heavy atom. The van der Waals surface area contributed by atoms with Gasteiger partial charge < -0.3 is 5.32 Å². The number of hydrogen-bond acceptors (Lipinski definition) is 5. The van der Waals surface area contributed by atoms with Gasteiger partial charge in [-0.2, -0.15) is 0 Å². The lowest BCUT2D eigenvalue weighted by Gasteiger charge is -2.12. The second-order valence-electron chi connectivity index (χ2n) is 7.54. The highest BCUT2D eigenvalue weighted by molar-refractivity contribution is 7.89. The number of pyridine rings is 2. The summed E-state index contributed by atoms with van der Waals surface area (Å²) in [6.07, 6.45) is 1.68. The van der Waals surface area contributed by atoms with Crippen molar-refractivity contribution in [2.45, 2.75) is 24.8 Å². The van der Waals surface area contributed by atoms with Crippen molar-refractivity contribution in [2.75, 3.05) is 5.32 Å². The van der Waals surface area contributed by atoms with E-state index in [-0.39, 0.29) is 16.8 Å². The number of hydrogen-bond donors (Lipinski definition) is 2. The maximum absolute atomic E-state index is 13.1. The fourth-order valence-corrected chi connectivity index (χ4v) is 4.55. The SMILES string of the molecule is CC(C)NS(=O)(=O)c1ccc(NC(=O)c2cc(-c3ccccn3)nc3ccccc23)cc1. The van der Waals surface area contributed by atoms with Crippen molar-refractivity contribution in [3.05, 3.63) is 84.6 Å². The third-order valence-corrected chi connectivity index (χ3v) is 6.38. The number of rotatable bonds is 6. The minimum absolute atomic E-state index is 0.135. The molecule has 0 unspecified atom stereocenters. The molecule has 8 heteroatoms. The van der Waals surface area contributed by atoms with Gasteiger partial charge in [-0.15, -0.1) is 0 Å². The summed E-state index contributed by atoms with van der Waals surface area (Å²) in [4.78, 5) is 22.3. The molecule has 1 amide bonds. The normalized spacial score (nSPS) is 11.6. The van der Waals surface area contributed by atoms with Crippen molar-refractivity contribution >= 4 is 32.5 Å². The molecule has 4 rings (SSSR count). The number of nitrogens with zero attached hydrogens (tertiary/aromatic N) is 2. The molecule has 0 saturated carbocycles. The zero-order valence-electron chi connectivity index (χ0n) is 17.6. The maximum atomic E-state index is 13.1. The van der Waals surface area contributed by atoms with Crippen LogP contribution in [0.4, 0.5) is 5.69 Å². The minimum atomic E-state index is -3.60. The lowest BCUT2D eigenvalue weighted by atomic mass is 10.1. The third-order valence-electron chi connectivity index (χ3n) is 4.70. The van der Waals surface area contributed by atoms with E-state index < -0.39 is 10.0 Å². The summed E-state index contributed by atoms with van der Waals surface area (Å²) >= 11 is 0. The molecule has 2 N–H and O–H groups in total. The van der Waals surface area contributed by atoms with Crippen LogP contribution in [0.2, 0.25) is 0 Å². The zero-order valence-corrected chi connectivity index (χ0v) is 18.4. The topological polar surface area (TPSA) is 101 Å². The molecule has 2 aromatic carbocycles. The van der Waals surface area contributed by atoms with Crippen molar-refractivity contribution in [2.24, 2.45) is 0 Å². The fraction of sp³-hybridized carbons (Fsp3) is 0.125. The van der Waals surface area contributed by atoms with Gasteiger partial charge in [0.15, 0.2) is 0 Å². The fourth-order valence-electron chi connectivity index (χ4n) is 3.30. The Bertz CT molecular complexity index is 1370. The molecule has 2 aromatic heterocycles. The van der Waals surface area contributed by atoms with Crippen LogP contribution in [0.25, 0.3) is 22.3 Å². The van der Waals surface area contributed by atoms with E-state index in [9.17, 15) is 13.2 Å². The molecule has 32 heavy (non-hydrogen) atoms. The van der Waals surface area contributed by atoms with E-state index in [0.29, 0.717) is 33.5 Å². The van der Waals surface area contributed by atoms with Crippen LogP contribution >= 0.6 is 0 Å². The molecule has 2 heterocycles. The van der Waals surface area contributed by atoms with Gasteiger partial charge in [0.05, 0.1) is 27.4 Å². The molecular formula is C24H22N4O3S. The van der Waals surface area contributed by atoms with Gasteiger partial charge in [-0.05, 0) is 62.4 Å². The molecule has 0 atom stereocenters. The number of carbonyl (C=O) groups is 1. The molecule has 0 aliphatic rings. The molecule has 7 nitrogen and oxygen atoms in total. The quantitative estimate of drug-likeness (QED) is 0.461. The van der Waals surface area contributed by atoms with E-state index in [1.807, 2.05) is 42.5 Å². The molecule has 0 bridgehead atoms. The van der Waals surface area contributed by atoms with Crippen LogP contribution in [0.3, 0.4) is 0 Å². The highest BCUT2D eigenvalue weighted by Gasteiger charge is 2.17. The Labute approximate surface area is 186 Å². The van der Waals surface area contributed by atoms with E-state index in [4.69, 9.17) is 0 Å². The Morgan fingerprint density at radius 2 is 1.62 bits per heavy atom. The molecule has 162 valence electrons. The van der Waals surface area contributed by atoms with Crippen LogP contribution in [0.15, 0.2) is 83.9 Å². The number of carbonyl (C=O) groups excluding carboxylic acids is 1. The summed E-state index contributed by atoms with van der Waals surface area (Å²) < 4.78 is 27.1. The van der Waals surface area contributed by atoms with E-state index in [1.54, 1.807) is 38.2 Å². The number of sulfonamides is 1. The second-order valence-corrected chi connectivity index (χ2v) is 9.26. The van der Waals surface area contributed by atoms with E-state index >= 15 is 0 Å². The lowest BCUT2D eigenvalue weighted by Crippen LogP contribution is -2.30. The monoisotopic (exact) mass is 446 g/mol. The number of aromatic nitrogens is 2. The Kier molecular flexibility index (Phi) is 5.98. The second kappa shape index (κ2) is 8.86. The predicted octanol–water partition coefficient (Wildman–Crippen LogP) is 4.24. The van der Waals surface area contributed by atoms with Crippen molar-refractivity contribution in [1.82, 2.24) is 14.7 Å². The zero-order chi connectivity index (χ0) is 22.7. The van der Waals surface area contributed by atoms with Crippen LogP contribution in [0.1, 0.15) is 24.2 Å². The third kappa shape index (κ3) is 4.66. The van der Waals surface area contributed by atoms with Gasteiger partial charge in [0.25, 0.3) is 5.91 Å². The first-order chi connectivity index (χ1) is 15.3. The smallest absolute Gasteiger partial charge is 0.256 e. The summed E-state index contributed by atoms with van der Waals surface area (Å²) in [6.45, 7) is 3.51. The minimum Gasteiger partial charge on any atom is -0.322 e. The average molecular weight is 447 g/mol. The number of nitrogens with one attached hydrogen (secondary N) is 2. The van der Waals surface area contributed by atoms with Crippen LogP contribution in [-0.2, 0) is 10.0 Å². The van der Waals surface area contributed by atoms with Gasteiger partial charge in [0.1, 0.15) is 0 Å². The number of fused-ring (bicyclic) bond motifs is 1. The van der Waals surface area contributed by atoms with Crippen molar-refractivity contribution in [3.8, 4) is 11.4 Å². The first-order valence-corrected chi connectivity index (χ1v) is 11.6. The molecule has 4 aromatic rings. The van der Waals surface area contributed by atoms with Crippen molar-refractivity contribution < 1.29 is 13.2 Å². The molecule has 0 aliphatic carbocycles. The highest BCUT2D eigenvalue weighted by Crippen LogP contribution is 2.25. The Hall–Kier alpha value is -3.62. The summed E-state index contributed by atoms with van der Waals surface area (Å²) in [6, 6.07) is 20.5. The van der Waals surface area contributed by atoms with Gasteiger partial charge in [-0.1, -0.05) is 24.3 Å². The summed E-state index contributed by atoms with van der Waals surface area (Å²) in [7, 11) is -3.60. The highest BCUT2D eigenvalue weighted by atomic mass is 32.2. The largest absolute Gasteiger partial charge is 0.322 e. The Balaban J connectivity index is 1.66. The van der Waals surface area contributed by atoms with Gasteiger partial charge in [0, 0.05) is 23.3 Å². The van der Waals surface area contributed by atoms with Crippen molar-refractivity contribution in [3.63, 3.8) is 0 Å². The summed E-state index contributed by atoms with van der Waals surface area (Å²) in [5, 5.41) is 3.56. The molecule has 0 saturated heterocycles. The van der Waals surface area contributed by atoms with E-state index in [1.165, 1.54) is 12.1 Å². The van der Waals surface area contributed by atoms with E-state index in [2.05, 4.69) is 20.0 Å². The van der Waals surface area contributed by atoms with Crippen LogP contribution in [-0.4, -0.2) is 30.3 Å². The van der Waals surface area contributed by atoms with Crippen LogP contribution < -0.4 is 10.0 Å². The molecule has 0 fully saturated rings. The average Bonchev–Trinajstić information content (AvgIpc) is 2.78. The van der Waals surface area contributed by atoms with Gasteiger partial charge in [-0.25, -0.2) is 18.1 Å². The van der Waals surface area contributed by atoms with Gasteiger partial charge >= 0.3 is 0 Å². The van der Waals surface area contributed by atoms with E-state index in [0.717, 1.165) is 0 Å². The molecular weight excluding hydrogens is 424 g/mol. The van der Waals surface area contributed by atoms with Crippen LogP contribution in [0, 0.1) is 0 Å². The van der Waals surface area contributed by atoms with Gasteiger partial charge in [-0.3, -0.25) is 9.78 Å². The van der Waals surface area contributed by atoms with Gasteiger partial charge in [0.2, 0.25) is 10.0 Å². The first kappa shape index (κ1) is 21.6. The molecule has 0 aliphatic heterocycles. The standard InChI is InChI=1S/C24H22N4O3S/c1-16(2)28-32(30,31)18-12-10-17(11-13-18)26-24(29)20-15-23(22-9-5-6-14-25-22)27-21-8-4-3-7-19(20)21/h3-16,28H,1-2H3,(H,26,29). The predicted molar refractivity (Wildman–Crippen MR) is 125 cm³/mol. The molecule has 0 radical (unpaired) electrons. The number of benzene rings is 2. The summed E-state index contributed by atoms with van der Waals surface area (Å²) in [5.41, 5.74) is 2.88. The number of anilines is 1. The number of amides is 1. The summed E-state index contributed by atoms with van der Waals surface area (Å²) in [5.74, 6) is -0.323. The lowest BCUT2D eigenvalue weighted by molar-refractivity contribution is 0.102. The van der Waals surface area contributed by atoms with Crippen molar-refractivity contribution in [1.29, 1.82) is 0 Å². The first-order valence-electron chi connectivity index (χ1n) is 10.1. The maximum Gasteiger partial charge on any atom is 0.256 e.